The van der Waals surface area contributed by atoms with Gasteiger partial charge in [-0.25, -0.2) is 13.1 Å². The van der Waals surface area contributed by atoms with E-state index in [0.29, 0.717) is 32.3 Å². The number of nitro groups is 1. The van der Waals surface area contributed by atoms with Gasteiger partial charge in [-0.3, -0.25) is 15.1 Å². The first-order valence-corrected chi connectivity index (χ1v) is 10.8. The van der Waals surface area contributed by atoms with Crippen molar-refractivity contribution in [2.45, 2.75) is 23.8 Å². The number of non-ortho nitro benzene ring substituents is 1. The van der Waals surface area contributed by atoms with Crippen LogP contribution in [0.5, 0.6) is 0 Å². The number of aliphatic imine (C=N–C) groups is 1. The molecule has 0 bridgehead atoms. The zero-order valence-electron chi connectivity index (χ0n) is 16.3. The lowest BCUT2D eigenvalue weighted by atomic mass is 10.3. The Balaban J connectivity index is 1.65. The predicted octanol–water partition coefficient (Wildman–Crippen LogP) is 0.234. The molecule has 0 aromatic heterocycles. The highest BCUT2D eigenvalue weighted by molar-refractivity contribution is 7.89. The first kappa shape index (κ1) is 23.0. The van der Waals surface area contributed by atoms with E-state index < -0.39 is 14.9 Å². The molecule has 0 aliphatic carbocycles. The molecule has 1 heterocycles. The molecule has 1 fully saturated rings. The molecule has 1 aromatic carbocycles. The second kappa shape index (κ2) is 11.7. The Morgan fingerprint density at radius 1 is 1.34 bits per heavy atom. The van der Waals surface area contributed by atoms with Crippen LogP contribution in [0, 0.1) is 10.1 Å². The minimum atomic E-state index is -3.83. The molecule has 1 aliphatic rings. The lowest BCUT2D eigenvalue weighted by molar-refractivity contribution is -0.385. The third kappa shape index (κ3) is 7.93. The van der Waals surface area contributed by atoms with Crippen molar-refractivity contribution in [3.8, 4) is 0 Å². The van der Waals surface area contributed by atoms with Gasteiger partial charge < -0.3 is 20.1 Å². The molecule has 162 valence electrons. The molecule has 0 radical (unpaired) electrons. The van der Waals surface area contributed by atoms with Gasteiger partial charge in [-0.15, -0.1) is 0 Å². The van der Waals surface area contributed by atoms with Gasteiger partial charge in [0.2, 0.25) is 10.0 Å². The van der Waals surface area contributed by atoms with Crippen LogP contribution in [-0.4, -0.2) is 71.9 Å². The monoisotopic (exact) mass is 429 g/mol. The largest absolute Gasteiger partial charge is 0.379 e. The molecule has 1 atom stereocenters. The van der Waals surface area contributed by atoms with Crippen LogP contribution in [-0.2, 0) is 19.5 Å². The van der Waals surface area contributed by atoms with Crippen LogP contribution in [0.15, 0.2) is 34.2 Å². The van der Waals surface area contributed by atoms with Crippen LogP contribution in [0.4, 0.5) is 5.69 Å². The van der Waals surface area contributed by atoms with Crippen molar-refractivity contribution < 1.29 is 22.8 Å². The van der Waals surface area contributed by atoms with Crippen LogP contribution < -0.4 is 15.4 Å². The van der Waals surface area contributed by atoms with Crippen molar-refractivity contribution in [3.63, 3.8) is 0 Å². The Kier molecular flexibility index (Phi) is 9.25. The Bertz CT molecular complexity index is 795. The lowest BCUT2D eigenvalue weighted by Crippen LogP contribution is -2.42. The van der Waals surface area contributed by atoms with E-state index in [9.17, 15) is 18.5 Å². The topological polar surface area (TPSA) is 144 Å². The third-order valence-corrected chi connectivity index (χ3v) is 5.59. The van der Waals surface area contributed by atoms with Crippen LogP contribution in [0.1, 0.15) is 12.8 Å². The summed E-state index contributed by atoms with van der Waals surface area (Å²) in [6, 6.07) is 4.90. The summed E-state index contributed by atoms with van der Waals surface area (Å²) in [5.41, 5.74) is -0.278. The highest BCUT2D eigenvalue weighted by Gasteiger charge is 2.17. The molecule has 11 nitrogen and oxygen atoms in total. The summed E-state index contributed by atoms with van der Waals surface area (Å²) in [4.78, 5) is 14.1. The molecule has 29 heavy (non-hydrogen) atoms. The molecular weight excluding hydrogens is 402 g/mol. The van der Waals surface area contributed by atoms with Gasteiger partial charge in [0.1, 0.15) is 0 Å². The number of nitro benzene ring substituents is 1. The highest BCUT2D eigenvalue weighted by Crippen LogP contribution is 2.16. The Morgan fingerprint density at radius 3 is 2.83 bits per heavy atom. The number of nitrogens with one attached hydrogen (secondary N) is 3. The molecule has 0 saturated carbocycles. The maximum atomic E-state index is 12.2. The SMILES string of the molecule is CN=C(NCCCOC1CCOC1)NCCNS(=O)(=O)c1cccc([N+](=O)[O-])c1. The number of ether oxygens (including phenoxy) is 2. The molecule has 1 saturated heterocycles. The van der Waals surface area contributed by atoms with Gasteiger partial charge in [0.15, 0.2) is 5.96 Å². The Morgan fingerprint density at radius 2 is 2.14 bits per heavy atom. The van der Waals surface area contributed by atoms with E-state index in [-0.39, 0.29) is 23.2 Å². The molecule has 0 amide bonds. The minimum Gasteiger partial charge on any atom is -0.379 e. The van der Waals surface area contributed by atoms with Gasteiger partial charge in [0.05, 0.1) is 22.5 Å². The number of hydrogen-bond donors (Lipinski definition) is 3. The fourth-order valence-corrected chi connectivity index (χ4v) is 3.68. The second-order valence-corrected chi connectivity index (χ2v) is 8.05. The maximum Gasteiger partial charge on any atom is 0.270 e. The van der Waals surface area contributed by atoms with Crippen molar-refractivity contribution in [3.05, 3.63) is 34.4 Å². The quantitative estimate of drug-likeness (QED) is 0.149. The second-order valence-electron chi connectivity index (χ2n) is 6.29. The highest BCUT2D eigenvalue weighted by atomic mass is 32.2. The van der Waals surface area contributed by atoms with Gasteiger partial charge >= 0.3 is 0 Å². The molecule has 1 aromatic rings. The van der Waals surface area contributed by atoms with E-state index in [4.69, 9.17) is 9.47 Å². The first-order valence-electron chi connectivity index (χ1n) is 9.30. The van der Waals surface area contributed by atoms with Gasteiger partial charge in [-0.1, -0.05) is 6.07 Å². The van der Waals surface area contributed by atoms with Crippen LogP contribution in [0.25, 0.3) is 0 Å². The van der Waals surface area contributed by atoms with E-state index in [1.807, 2.05) is 0 Å². The van der Waals surface area contributed by atoms with Crippen LogP contribution in [0.3, 0.4) is 0 Å². The molecule has 1 unspecified atom stereocenters. The van der Waals surface area contributed by atoms with Gasteiger partial charge in [0.25, 0.3) is 5.69 Å². The Labute approximate surface area is 170 Å². The summed E-state index contributed by atoms with van der Waals surface area (Å²) >= 11 is 0. The fraction of sp³-hybridized carbons (Fsp3) is 0.588. The van der Waals surface area contributed by atoms with Gasteiger partial charge in [-0.2, -0.15) is 0 Å². The van der Waals surface area contributed by atoms with Crippen molar-refractivity contribution in [1.82, 2.24) is 15.4 Å². The van der Waals surface area contributed by atoms with Gasteiger partial charge in [-0.05, 0) is 18.9 Å². The van der Waals surface area contributed by atoms with Crippen molar-refractivity contribution >= 4 is 21.7 Å². The third-order valence-electron chi connectivity index (χ3n) is 4.13. The minimum absolute atomic E-state index is 0.0938. The summed E-state index contributed by atoms with van der Waals surface area (Å²) in [5, 5.41) is 16.9. The summed E-state index contributed by atoms with van der Waals surface area (Å²) in [5.74, 6) is 0.545. The predicted molar refractivity (Wildman–Crippen MR) is 107 cm³/mol. The number of rotatable bonds is 11. The summed E-state index contributed by atoms with van der Waals surface area (Å²) < 4.78 is 37.8. The van der Waals surface area contributed by atoms with Crippen LogP contribution >= 0.6 is 0 Å². The summed E-state index contributed by atoms with van der Waals surface area (Å²) in [6.45, 7) is 3.08. The summed E-state index contributed by atoms with van der Waals surface area (Å²) in [6.07, 6.45) is 1.92. The molecule has 12 heteroatoms. The zero-order chi connectivity index (χ0) is 21.1. The molecule has 3 N–H and O–H groups in total. The van der Waals surface area contributed by atoms with Crippen molar-refractivity contribution in [2.24, 2.45) is 4.99 Å². The van der Waals surface area contributed by atoms with Gasteiger partial charge in [0, 0.05) is 52.0 Å². The maximum absolute atomic E-state index is 12.2. The smallest absolute Gasteiger partial charge is 0.270 e. The fourth-order valence-electron chi connectivity index (χ4n) is 2.61. The summed E-state index contributed by atoms with van der Waals surface area (Å²) in [7, 11) is -2.21. The molecular formula is C17H27N5O6S. The zero-order valence-corrected chi connectivity index (χ0v) is 17.1. The molecule has 0 spiro atoms. The van der Waals surface area contributed by atoms with E-state index in [1.165, 1.54) is 18.2 Å². The van der Waals surface area contributed by atoms with Crippen molar-refractivity contribution in [1.29, 1.82) is 0 Å². The van der Waals surface area contributed by atoms with Crippen LogP contribution in [0.2, 0.25) is 0 Å². The first-order chi connectivity index (χ1) is 13.9. The van der Waals surface area contributed by atoms with E-state index in [2.05, 4.69) is 20.3 Å². The normalized spacial score (nSPS) is 17.3. The number of hydrogen-bond acceptors (Lipinski definition) is 7. The number of sulfonamides is 1. The number of guanidine groups is 1. The molecule has 1 aliphatic heterocycles. The number of benzene rings is 1. The molecule has 2 rings (SSSR count). The average molecular weight is 429 g/mol. The van der Waals surface area contributed by atoms with E-state index in [1.54, 1.807) is 7.05 Å². The average Bonchev–Trinajstić information content (AvgIpc) is 3.23. The lowest BCUT2D eigenvalue weighted by Gasteiger charge is -2.13. The standard InChI is InChI=1S/C17H27N5O6S/c1-18-17(19-7-3-10-28-15-6-11-27-13-15)20-8-9-21-29(25,26)16-5-2-4-14(12-16)22(23)24/h2,4-5,12,15,21H,3,6-11,13H2,1H3,(H2,18,19,20). The van der Waals surface area contributed by atoms with Crippen molar-refractivity contribution in [2.75, 3.05) is 46.5 Å². The Hall–Kier alpha value is -2.28. The van der Waals surface area contributed by atoms with E-state index >= 15 is 0 Å². The van der Waals surface area contributed by atoms with E-state index in [0.717, 1.165) is 25.5 Å². The number of nitrogens with zero attached hydrogens (tertiary/aromatic N) is 2.